The minimum atomic E-state index is -4.57. The number of aromatic nitrogens is 3. The minimum absolute atomic E-state index is 0.0109. The molecule has 0 saturated heterocycles. The predicted octanol–water partition coefficient (Wildman–Crippen LogP) is 4.58. The maximum atomic E-state index is 12.7. The summed E-state index contributed by atoms with van der Waals surface area (Å²) in [4.78, 5) is 22.8. The third-order valence-electron chi connectivity index (χ3n) is 5.00. The summed E-state index contributed by atoms with van der Waals surface area (Å²) < 4.78 is 42.7. The number of phenolic OH excluding ortho intramolecular Hbond substituents is 1. The second-order valence-electron chi connectivity index (χ2n) is 9.07. The van der Waals surface area contributed by atoms with E-state index in [-0.39, 0.29) is 36.2 Å². The first-order valence-corrected chi connectivity index (χ1v) is 11.4. The quantitative estimate of drug-likeness (QED) is 0.194. The number of halogens is 3. The Balaban J connectivity index is 1.68. The van der Waals surface area contributed by atoms with E-state index in [0.717, 1.165) is 11.3 Å². The third kappa shape index (κ3) is 9.87. The zero-order chi connectivity index (χ0) is 27.8. The molecule has 1 heterocycles. The van der Waals surface area contributed by atoms with Gasteiger partial charge in [-0.2, -0.15) is 28.1 Å². The molecule has 204 valence electrons. The van der Waals surface area contributed by atoms with Crippen molar-refractivity contribution >= 4 is 29.4 Å². The zero-order valence-electron chi connectivity index (χ0n) is 20.6. The molecule has 11 nitrogen and oxygen atoms in total. The van der Waals surface area contributed by atoms with Crippen molar-refractivity contribution in [2.45, 2.75) is 26.6 Å². The number of nitrogens with one attached hydrogen (secondary N) is 4. The molecule has 0 radical (unpaired) electrons. The number of carboxylic acid groups (broad SMARTS) is 1. The Kier molecular flexibility index (Phi) is 8.99. The third-order valence-corrected chi connectivity index (χ3v) is 5.00. The molecule has 3 aromatic rings. The van der Waals surface area contributed by atoms with Crippen LogP contribution in [0.5, 0.6) is 11.8 Å². The van der Waals surface area contributed by atoms with E-state index in [1.54, 1.807) is 36.4 Å². The number of phenols is 1. The van der Waals surface area contributed by atoms with Crippen molar-refractivity contribution < 1.29 is 32.9 Å². The Morgan fingerprint density at radius 1 is 0.895 bits per heavy atom. The molecule has 0 atom stereocenters. The van der Waals surface area contributed by atoms with Gasteiger partial charge >= 0.3 is 18.3 Å². The first-order valence-electron chi connectivity index (χ1n) is 11.4. The lowest BCUT2D eigenvalue weighted by atomic mass is 9.93. The molecule has 0 fully saturated rings. The number of anilines is 4. The first-order chi connectivity index (χ1) is 17.9. The molecule has 0 saturated carbocycles. The van der Waals surface area contributed by atoms with Gasteiger partial charge in [-0.15, -0.1) is 0 Å². The molecular formula is C24H28F3N7O4. The van der Waals surface area contributed by atoms with Crippen molar-refractivity contribution in [1.82, 2.24) is 20.3 Å². The van der Waals surface area contributed by atoms with Gasteiger partial charge in [-0.3, -0.25) is 0 Å². The summed E-state index contributed by atoms with van der Waals surface area (Å²) in [5.74, 6) is 0.0542. The zero-order valence-corrected chi connectivity index (χ0v) is 20.6. The molecule has 1 aromatic heterocycles. The number of hydrogen-bond acceptors (Lipinski definition) is 9. The van der Waals surface area contributed by atoms with Crippen molar-refractivity contribution in [3.05, 3.63) is 54.1 Å². The predicted molar refractivity (Wildman–Crippen MR) is 135 cm³/mol. The van der Waals surface area contributed by atoms with Crippen LogP contribution in [0.15, 0.2) is 48.5 Å². The van der Waals surface area contributed by atoms with Gasteiger partial charge in [0.25, 0.3) is 0 Å². The summed E-state index contributed by atoms with van der Waals surface area (Å²) in [5.41, 5.74) is 1.77. The lowest BCUT2D eigenvalue weighted by Crippen LogP contribution is -2.37. The number of rotatable bonds is 12. The van der Waals surface area contributed by atoms with E-state index >= 15 is 0 Å². The average molecular weight is 536 g/mol. The van der Waals surface area contributed by atoms with Crippen LogP contribution in [0.1, 0.15) is 19.4 Å². The minimum Gasteiger partial charge on any atom is -0.508 e. The Hall–Kier alpha value is -4.49. The van der Waals surface area contributed by atoms with Crippen molar-refractivity contribution in [3.63, 3.8) is 0 Å². The highest BCUT2D eigenvalue weighted by Gasteiger charge is 2.29. The fourth-order valence-electron chi connectivity index (χ4n) is 3.02. The van der Waals surface area contributed by atoms with Gasteiger partial charge in [0.05, 0.1) is 0 Å². The van der Waals surface area contributed by atoms with E-state index in [0.29, 0.717) is 12.2 Å². The van der Waals surface area contributed by atoms with E-state index in [1.807, 2.05) is 13.8 Å². The van der Waals surface area contributed by atoms with Crippen LogP contribution in [0.25, 0.3) is 0 Å². The molecule has 0 unspecified atom stereocenters. The summed E-state index contributed by atoms with van der Waals surface area (Å²) in [6, 6.07) is 12.8. The van der Waals surface area contributed by atoms with E-state index < -0.39 is 24.9 Å². The molecule has 0 bridgehead atoms. The Bertz CT molecular complexity index is 1210. The van der Waals surface area contributed by atoms with Crippen LogP contribution in [-0.4, -0.2) is 57.1 Å². The molecule has 3 rings (SSSR count). The summed E-state index contributed by atoms with van der Waals surface area (Å²) in [5, 5.41) is 29.6. The van der Waals surface area contributed by atoms with Crippen molar-refractivity contribution in [3.8, 4) is 11.8 Å². The molecule has 2 aromatic carbocycles. The SMILES string of the molecule is CC(C)(CNC(=O)O)CNc1ccc(Nc2nc(NCc3ccc(O)cc3)nc(OCC(F)(F)F)n2)cc1. The van der Waals surface area contributed by atoms with Crippen LogP contribution in [0.4, 0.5) is 41.2 Å². The molecule has 6 N–H and O–H groups in total. The standard InChI is InChI=1S/C24H28F3N7O4/c1-23(2,13-30-22(36)37)12-29-16-5-7-17(8-6-16)31-20-32-19(28-11-15-3-9-18(35)10-4-15)33-21(34-20)38-14-24(25,26)27/h3-10,29-30,35H,11-14H2,1-2H3,(H,36,37)(H2,28,31,32,33,34). The topological polar surface area (TPSA) is 154 Å². The van der Waals surface area contributed by atoms with Crippen LogP contribution in [0, 0.1) is 5.41 Å². The number of ether oxygens (including phenoxy) is 1. The molecule has 14 heteroatoms. The van der Waals surface area contributed by atoms with Crippen molar-refractivity contribution in [1.29, 1.82) is 0 Å². The summed E-state index contributed by atoms with van der Waals surface area (Å²) in [6.45, 7) is 3.28. The van der Waals surface area contributed by atoms with Gasteiger partial charge in [0, 0.05) is 31.0 Å². The molecule has 0 aliphatic heterocycles. The summed E-state index contributed by atoms with van der Waals surface area (Å²) in [7, 11) is 0. The van der Waals surface area contributed by atoms with Gasteiger partial charge in [-0.25, -0.2) is 4.79 Å². The first kappa shape index (κ1) is 28.1. The largest absolute Gasteiger partial charge is 0.508 e. The molecular weight excluding hydrogens is 507 g/mol. The number of hydrogen-bond donors (Lipinski definition) is 6. The van der Waals surface area contributed by atoms with E-state index in [4.69, 9.17) is 9.84 Å². The van der Waals surface area contributed by atoms with Gasteiger partial charge < -0.3 is 36.2 Å². The van der Waals surface area contributed by atoms with Crippen molar-refractivity contribution in [2.24, 2.45) is 5.41 Å². The highest BCUT2D eigenvalue weighted by atomic mass is 19.4. The van der Waals surface area contributed by atoms with E-state index in [1.165, 1.54) is 12.1 Å². The highest BCUT2D eigenvalue weighted by Crippen LogP contribution is 2.22. The number of alkyl halides is 3. The number of benzene rings is 2. The average Bonchev–Trinajstić information content (AvgIpc) is 2.85. The van der Waals surface area contributed by atoms with Crippen molar-refractivity contribution in [2.75, 3.05) is 35.6 Å². The Labute approximate surface area is 216 Å². The number of nitrogens with zero attached hydrogens (tertiary/aromatic N) is 3. The highest BCUT2D eigenvalue weighted by molar-refractivity contribution is 5.64. The molecule has 0 aliphatic rings. The summed E-state index contributed by atoms with van der Waals surface area (Å²) >= 11 is 0. The maximum absolute atomic E-state index is 12.7. The molecule has 1 amide bonds. The van der Waals surface area contributed by atoms with E-state index in [2.05, 4.69) is 36.2 Å². The van der Waals surface area contributed by atoms with E-state index in [9.17, 15) is 23.1 Å². The van der Waals surface area contributed by atoms with Crippen LogP contribution >= 0.6 is 0 Å². The van der Waals surface area contributed by atoms with Gasteiger partial charge in [0.2, 0.25) is 11.9 Å². The molecule has 38 heavy (non-hydrogen) atoms. The Morgan fingerprint density at radius 3 is 2.16 bits per heavy atom. The Morgan fingerprint density at radius 2 is 1.53 bits per heavy atom. The van der Waals surface area contributed by atoms with Gasteiger partial charge in [0.1, 0.15) is 5.75 Å². The second kappa shape index (κ2) is 12.2. The molecule has 0 spiro atoms. The second-order valence-corrected chi connectivity index (χ2v) is 9.07. The van der Waals surface area contributed by atoms with Gasteiger partial charge in [0.15, 0.2) is 6.61 Å². The monoisotopic (exact) mass is 535 g/mol. The van der Waals surface area contributed by atoms with Crippen LogP contribution in [0.3, 0.4) is 0 Å². The van der Waals surface area contributed by atoms with Gasteiger partial charge in [-0.05, 0) is 47.4 Å². The fourth-order valence-corrected chi connectivity index (χ4v) is 3.02. The number of carbonyl (C=O) groups is 1. The van der Waals surface area contributed by atoms with Crippen LogP contribution in [0.2, 0.25) is 0 Å². The van der Waals surface area contributed by atoms with Crippen LogP contribution in [-0.2, 0) is 6.54 Å². The number of amides is 1. The molecule has 0 aliphatic carbocycles. The maximum Gasteiger partial charge on any atom is 0.422 e. The normalized spacial score (nSPS) is 11.5. The lowest BCUT2D eigenvalue weighted by molar-refractivity contribution is -0.154. The lowest BCUT2D eigenvalue weighted by Gasteiger charge is -2.25. The summed E-state index contributed by atoms with van der Waals surface area (Å²) in [6.07, 6.45) is -5.65. The number of aromatic hydroxyl groups is 1. The van der Waals surface area contributed by atoms with Gasteiger partial charge in [-0.1, -0.05) is 26.0 Å². The van der Waals surface area contributed by atoms with Crippen LogP contribution < -0.4 is 26.0 Å². The fraction of sp³-hybridized carbons (Fsp3) is 0.333. The smallest absolute Gasteiger partial charge is 0.422 e.